The number of ether oxygens (including phenoxy) is 1. The zero-order valence-corrected chi connectivity index (χ0v) is 18.3. The van der Waals surface area contributed by atoms with Gasteiger partial charge in [-0.1, -0.05) is 26.8 Å². The highest BCUT2D eigenvalue weighted by Gasteiger charge is 2.33. The van der Waals surface area contributed by atoms with Gasteiger partial charge in [-0.15, -0.1) is 0 Å². The Balaban J connectivity index is 1.42. The summed E-state index contributed by atoms with van der Waals surface area (Å²) in [6.07, 6.45) is -1.38. The van der Waals surface area contributed by atoms with Crippen molar-refractivity contribution >= 4 is 5.69 Å². The first-order valence-corrected chi connectivity index (χ1v) is 11.0. The topological polar surface area (TPSA) is 35.9 Å². The van der Waals surface area contributed by atoms with Crippen LogP contribution in [0, 0.1) is 11.3 Å². The molecule has 1 aliphatic heterocycles. The number of β-amino-alcohol motifs (C(OH)–C–C–N with tert-alkyl or cyclic N) is 1. The first-order valence-electron chi connectivity index (χ1n) is 11.0. The molecule has 0 amide bonds. The lowest BCUT2D eigenvalue weighted by atomic mass is 9.71. The fourth-order valence-electron chi connectivity index (χ4n) is 5.05. The van der Waals surface area contributed by atoms with Gasteiger partial charge < -0.3 is 14.7 Å². The summed E-state index contributed by atoms with van der Waals surface area (Å²) in [5.74, 6) is 0.639. The van der Waals surface area contributed by atoms with Crippen molar-refractivity contribution in [1.29, 1.82) is 0 Å². The summed E-state index contributed by atoms with van der Waals surface area (Å²) in [4.78, 5) is 4.13. The highest BCUT2D eigenvalue weighted by molar-refractivity contribution is 5.49. The molecule has 1 heterocycles. The molecule has 30 heavy (non-hydrogen) atoms. The fraction of sp³-hybridized carbons (Fsp3) is 0.739. The van der Waals surface area contributed by atoms with Crippen LogP contribution in [-0.4, -0.2) is 61.5 Å². The number of hydrogen-bond donors (Lipinski definition) is 1. The summed E-state index contributed by atoms with van der Waals surface area (Å²) >= 11 is 0. The maximum absolute atomic E-state index is 12.9. The van der Waals surface area contributed by atoms with E-state index in [9.17, 15) is 18.3 Å². The van der Waals surface area contributed by atoms with Crippen LogP contribution in [0.15, 0.2) is 24.3 Å². The van der Waals surface area contributed by atoms with Gasteiger partial charge >= 0.3 is 6.18 Å². The number of aliphatic hydroxyl groups is 1. The maximum atomic E-state index is 12.9. The van der Waals surface area contributed by atoms with Crippen LogP contribution in [0.4, 0.5) is 18.9 Å². The summed E-state index contributed by atoms with van der Waals surface area (Å²) in [5.41, 5.74) is 0.269. The molecule has 0 spiro atoms. The number of hydrogen-bond acceptors (Lipinski definition) is 4. The van der Waals surface area contributed by atoms with E-state index in [0.29, 0.717) is 50.9 Å². The minimum Gasteiger partial charge on any atom is -0.389 e. The summed E-state index contributed by atoms with van der Waals surface area (Å²) in [6, 6.07) is 5.49. The Morgan fingerprint density at radius 1 is 1.17 bits per heavy atom. The summed E-state index contributed by atoms with van der Waals surface area (Å²) in [5, 5.41) is 10.4. The van der Waals surface area contributed by atoms with Gasteiger partial charge in [0.05, 0.1) is 24.4 Å². The minimum absolute atomic E-state index is 0.205. The second kappa shape index (κ2) is 9.45. The third kappa shape index (κ3) is 6.59. The van der Waals surface area contributed by atoms with Crippen LogP contribution in [0.3, 0.4) is 0 Å². The van der Waals surface area contributed by atoms with Gasteiger partial charge in [0.15, 0.2) is 0 Å². The zero-order chi connectivity index (χ0) is 21.9. The molecule has 1 aromatic carbocycles. The molecule has 0 bridgehead atoms. The van der Waals surface area contributed by atoms with Crippen molar-refractivity contribution in [3.8, 4) is 0 Å². The van der Waals surface area contributed by atoms with E-state index >= 15 is 0 Å². The molecule has 3 rings (SSSR count). The molecule has 1 N–H and O–H groups in total. The van der Waals surface area contributed by atoms with Crippen molar-refractivity contribution in [2.24, 2.45) is 11.3 Å². The van der Waals surface area contributed by atoms with Crippen molar-refractivity contribution in [3.63, 3.8) is 0 Å². The van der Waals surface area contributed by atoms with Crippen LogP contribution < -0.4 is 4.90 Å². The molecule has 2 fully saturated rings. The van der Waals surface area contributed by atoms with Crippen molar-refractivity contribution in [2.45, 2.75) is 58.4 Å². The first kappa shape index (κ1) is 23.4. The van der Waals surface area contributed by atoms with Gasteiger partial charge in [-0.3, -0.25) is 4.90 Å². The van der Waals surface area contributed by atoms with E-state index in [1.807, 2.05) is 4.90 Å². The lowest BCUT2D eigenvalue weighted by Gasteiger charge is -2.39. The average Bonchev–Trinajstić information content (AvgIpc) is 2.65. The molecule has 7 heteroatoms. The van der Waals surface area contributed by atoms with E-state index in [2.05, 4.69) is 25.7 Å². The van der Waals surface area contributed by atoms with Gasteiger partial charge in [0.2, 0.25) is 0 Å². The quantitative estimate of drug-likeness (QED) is 0.728. The molecule has 1 aliphatic carbocycles. The van der Waals surface area contributed by atoms with Crippen molar-refractivity contribution in [2.75, 3.05) is 44.2 Å². The van der Waals surface area contributed by atoms with Crippen LogP contribution in [0.5, 0.6) is 0 Å². The molecule has 0 unspecified atom stereocenters. The summed E-state index contributed by atoms with van der Waals surface area (Å²) in [6.45, 7) is 10.4. The third-order valence-electron chi connectivity index (χ3n) is 6.25. The summed E-state index contributed by atoms with van der Waals surface area (Å²) < 4.78 is 44.9. The van der Waals surface area contributed by atoms with Crippen molar-refractivity contribution in [3.05, 3.63) is 29.8 Å². The molecule has 0 radical (unpaired) electrons. The molecule has 2 aliphatic rings. The van der Waals surface area contributed by atoms with E-state index in [1.165, 1.54) is 18.6 Å². The number of anilines is 1. The number of piperazine rings is 1. The highest BCUT2D eigenvalue weighted by Crippen LogP contribution is 2.39. The van der Waals surface area contributed by atoms with Gasteiger partial charge in [0, 0.05) is 38.4 Å². The molecule has 0 aromatic heterocycles. The molecule has 1 aromatic rings. The largest absolute Gasteiger partial charge is 0.416 e. The second-order valence-corrected chi connectivity index (χ2v) is 9.86. The maximum Gasteiger partial charge on any atom is 0.416 e. The van der Waals surface area contributed by atoms with E-state index < -0.39 is 17.8 Å². The fourth-order valence-corrected chi connectivity index (χ4v) is 5.05. The minimum atomic E-state index is -4.33. The van der Waals surface area contributed by atoms with Gasteiger partial charge in [0.1, 0.15) is 0 Å². The predicted molar refractivity (Wildman–Crippen MR) is 113 cm³/mol. The van der Waals surface area contributed by atoms with Crippen LogP contribution in [-0.2, 0) is 10.9 Å². The standard InChI is InChI=1S/C23H35F3N2O2/c1-17-11-21(14-22(2,3)13-17)30-16-20(29)15-27-7-9-28(10-8-27)19-6-4-5-18(12-19)23(24,25)26/h4-6,12,17,20-21,29H,7-11,13-16H2,1-3H3/t17-,20-,21+/m1/s1. The first-order chi connectivity index (χ1) is 14.0. The van der Waals surface area contributed by atoms with E-state index in [1.54, 1.807) is 6.07 Å². The smallest absolute Gasteiger partial charge is 0.389 e. The molecule has 1 saturated carbocycles. The Labute approximate surface area is 178 Å². The molecule has 3 atom stereocenters. The number of alkyl halides is 3. The molecule has 1 saturated heterocycles. The Morgan fingerprint density at radius 3 is 2.50 bits per heavy atom. The van der Waals surface area contributed by atoms with Gasteiger partial charge in [-0.05, 0) is 48.8 Å². The van der Waals surface area contributed by atoms with Gasteiger partial charge in [0.25, 0.3) is 0 Å². The Kier molecular flexibility index (Phi) is 7.36. The number of rotatable bonds is 6. The lowest BCUT2D eigenvalue weighted by molar-refractivity contribution is -0.137. The Bertz CT molecular complexity index is 687. The third-order valence-corrected chi connectivity index (χ3v) is 6.25. The lowest BCUT2D eigenvalue weighted by Crippen LogP contribution is -2.49. The summed E-state index contributed by atoms with van der Waals surface area (Å²) in [7, 11) is 0. The van der Waals surface area contributed by atoms with Crippen LogP contribution in [0.25, 0.3) is 0 Å². The number of benzene rings is 1. The monoisotopic (exact) mass is 428 g/mol. The van der Waals surface area contributed by atoms with Crippen LogP contribution in [0.2, 0.25) is 0 Å². The predicted octanol–water partition coefficient (Wildman–Crippen LogP) is 4.42. The van der Waals surface area contributed by atoms with Gasteiger partial charge in [-0.2, -0.15) is 13.2 Å². The van der Waals surface area contributed by atoms with Crippen molar-refractivity contribution < 1.29 is 23.0 Å². The Hall–Kier alpha value is -1.31. The highest BCUT2D eigenvalue weighted by atomic mass is 19.4. The van der Waals surface area contributed by atoms with E-state index in [-0.39, 0.29) is 11.5 Å². The SMILES string of the molecule is C[C@@H]1C[C@H](OC[C@H](O)CN2CCN(c3cccc(C(F)(F)F)c3)CC2)CC(C)(C)C1. The Morgan fingerprint density at radius 2 is 1.87 bits per heavy atom. The zero-order valence-electron chi connectivity index (χ0n) is 18.3. The average molecular weight is 429 g/mol. The molecule has 4 nitrogen and oxygen atoms in total. The second-order valence-electron chi connectivity index (χ2n) is 9.86. The number of halogens is 3. The molecule has 170 valence electrons. The van der Waals surface area contributed by atoms with Gasteiger partial charge in [-0.25, -0.2) is 0 Å². The number of nitrogens with zero attached hydrogens (tertiary/aromatic N) is 2. The van der Waals surface area contributed by atoms with E-state index in [0.717, 1.165) is 18.9 Å². The molecular formula is C23H35F3N2O2. The van der Waals surface area contributed by atoms with Crippen molar-refractivity contribution in [1.82, 2.24) is 4.90 Å². The normalized spacial score (nSPS) is 26.6. The molecular weight excluding hydrogens is 393 g/mol. The number of aliphatic hydroxyl groups excluding tert-OH is 1. The van der Waals surface area contributed by atoms with E-state index in [4.69, 9.17) is 4.74 Å². The van der Waals surface area contributed by atoms with Crippen LogP contribution in [0.1, 0.15) is 45.6 Å². The van der Waals surface area contributed by atoms with Crippen LogP contribution >= 0.6 is 0 Å².